The van der Waals surface area contributed by atoms with Crippen molar-refractivity contribution in [3.05, 3.63) is 53.6 Å². The van der Waals surface area contributed by atoms with Crippen LogP contribution in [0.2, 0.25) is 0 Å². The minimum absolute atomic E-state index is 0.000993. The highest BCUT2D eigenvalue weighted by Crippen LogP contribution is 2.28. The summed E-state index contributed by atoms with van der Waals surface area (Å²) >= 11 is 0. The maximum atomic E-state index is 13.0. The second-order valence-electron chi connectivity index (χ2n) is 7.76. The standard InChI is InChI=1S/C23H29NO5S/c1-4-17-13-20(10-11-22(17)30(27,28)24(3)14-21-15-29-21)19-8-6-16(7-9-19)12-18(5-2)23(25)26/h6-11,13,18,21H,4-5,12,14-15H2,1-3H3,(H,25,26). The highest BCUT2D eigenvalue weighted by Gasteiger charge is 2.31. The first-order chi connectivity index (χ1) is 14.3. The van der Waals surface area contributed by atoms with Gasteiger partial charge in [0.25, 0.3) is 0 Å². The number of benzene rings is 2. The van der Waals surface area contributed by atoms with E-state index < -0.39 is 16.0 Å². The Kier molecular flexibility index (Phi) is 6.95. The molecular weight excluding hydrogens is 402 g/mol. The molecule has 6 nitrogen and oxygen atoms in total. The van der Waals surface area contributed by atoms with E-state index >= 15 is 0 Å². The maximum Gasteiger partial charge on any atom is 0.306 e. The number of nitrogens with zero attached hydrogens (tertiary/aromatic N) is 1. The summed E-state index contributed by atoms with van der Waals surface area (Å²) in [6, 6.07) is 13.2. The molecular formula is C23H29NO5S. The van der Waals surface area contributed by atoms with Crippen LogP contribution in [0.1, 0.15) is 31.4 Å². The Balaban J connectivity index is 1.83. The highest BCUT2D eigenvalue weighted by atomic mass is 32.2. The van der Waals surface area contributed by atoms with Gasteiger partial charge in [-0.3, -0.25) is 4.79 Å². The first-order valence-electron chi connectivity index (χ1n) is 10.3. The fourth-order valence-electron chi connectivity index (χ4n) is 3.54. The molecule has 2 aromatic rings. The lowest BCUT2D eigenvalue weighted by atomic mass is 9.95. The number of hydrogen-bond acceptors (Lipinski definition) is 4. The summed E-state index contributed by atoms with van der Waals surface area (Å²) in [4.78, 5) is 11.6. The van der Waals surface area contributed by atoms with Crippen LogP contribution in [0.3, 0.4) is 0 Å². The Morgan fingerprint density at radius 2 is 1.80 bits per heavy atom. The summed E-state index contributed by atoms with van der Waals surface area (Å²) < 4.78 is 32.5. The molecule has 162 valence electrons. The van der Waals surface area contributed by atoms with Gasteiger partial charge in [-0.1, -0.05) is 44.2 Å². The number of ether oxygens (including phenoxy) is 1. The summed E-state index contributed by atoms with van der Waals surface area (Å²) in [7, 11) is -1.98. The van der Waals surface area contributed by atoms with Gasteiger partial charge in [-0.15, -0.1) is 0 Å². The van der Waals surface area contributed by atoms with Gasteiger partial charge >= 0.3 is 5.97 Å². The van der Waals surface area contributed by atoms with Crippen LogP contribution in [-0.2, 0) is 32.4 Å². The number of aliphatic carboxylic acids is 1. The van der Waals surface area contributed by atoms with Gasteiger partial charge in [0.2, 0.25) is 10.0 Å². The molecule has 1 aliphatic rings. The molecule has 0 saturated carbocycles. The van der Waals surface area contributed by atoms with E-state index in [0.717, 1.165) is 22.3 Å². The van der Waals surface area contributed by atoms with Crippen LogP contribution < -0.4 is 0 Å². The average molecular weight is 432 g/mol. The lowest BCUT2D eigenvalue weighted by molar-refractivity contribution is -0.141. The van der Waals surface area contributed by atoms with E-state index in [1.165, 1.54) is 4.31 Å². The second kappa shape index (κ2) is 9.29. The Labute approximate surface area is 178 Å². The zero-order valence-corrected chi connectivity index (χ0v) is 18.5. The van der Waals surface area contributed by atoms with Gasteiger partial charge < -0.3 is 9.84 Å². The van der Waals surface area contributed by atoms with E-state index in [9.17, 15) is 18.3 Å². The Hall–Kier alpha value is -2.22. The highest BCUT2D eigenvalue weighted by molar-refractivity contribution is 7.89. The molecule has 30 heavy (non-hydrogen) atoms. The van der Waals surface area contributed by atoms with Crippen LogP contribution in [0, 0.1) is 5.92 Å². The van der Waals surface area contributed by atoms with Crippen LogP contribution in [-0.4, -0.2) is 50.1 Å². The number of carboxylic acids is 1. The molecule has 1 N–H and O–H groups in total. The van der Waals surface area contributed by atoms with E-state index in [-0.39, 0.29) is 12.0 Å². The van der Waals surface area contributed by atoms with Crippen molar-refractivity contribution in [3.63, 3.8) is 0 Å². The number of carboxylic acid groups (broad SMARTS) is 1. The molecule has 0 aromatic heterocycles. The molecule has 1 fully saturated rings. The molecule has 0 bridgehead atoms. The molecule has 0 spiro atoms. The zero-order valence-electron chi connectivity index (χ0n) is 17.7. The molecule has 2 unspecified atom stereocenters. The number of epoxide rings is 1. The quantitative estimate of drug-likeness (QED) is 0.581. The topological polar surface area (TPSA) is 87.2 Å². The predicted octanol–water partition coefficient (Wildman–Crippen LogP) is 3.59. The van der Waals surface area contributed by atoms with Crippen molar-refractivity contribution in [3.8, 4) is 11.1 Å². The average Bonchev–Trinajstić information content (AvgIpc) is 3.55. The van der Waals surface area contributed by atoms with Crippen molar-refractivity contribution in [1.82, 2.24) is 4.31 Å². The van der Waals surface area contributed by atoms with Gasteiger partial charge in [0.15, 0.2) is 0 Å². The molecule has 0 radical (unpaired) electrons. The largest absolute Gasteiger partial charge is 0.481 e. The van der Waals surface area contributed by atoms with E-state index in [0.29, 0.717) is 37.3 Å². The molecule has 0 amide bonds. The Morgan fingerprint density at radius 3 is 2.33 bits per heavy atom. The number of sulfonamides is 1. The summed E-state index contributed by atoms with van der Waals surface area (Å²) in [5.74, 6) is -1.16. The van der Waals surface area contributed by atoms with Crippen LogP contribution in [0.4, 0.5) is 0 Å². The molecule has 1 saturated heterocycles. The first kappa shape index (κ1) is 22.5. The monoisotopic (exact) mass is 431 g/mol. The van der Waals surface area contributed by atoms with E-state index in [1.54, 1.807) is 13.1 Å². The summed E-state index contributed by atoms with van der Waals surface area (Å²) in [5, 5.41) is 9.25. The number of rotatable bonds is 10. The smallest absolute Gasteiger partial charge is 0.306 e. The second-order valence-corrected chi connectivity index (χ2v) is 9.77. The van der Waals surface area contributed by atoms with Gasteiger partial charge in [-0.2, -0.15) is 4.31 Å². The minimum atomic E-state index is -3.57. The fraction of sp³-hybridized carbons (Fsp3) is 0.435. The summed E-state index contributed by atoms with van der Waals surface area (Å²) in [5.41, 5.74) is 3.67. The van der Waals surface area contributed by atoms with Crippen LogP contribution in [0.25, 0.3) is 11.1 Å². The van der Waals surface area contributed by atoms with Gasteiger partial charge in [0.1, 0.15) is 0 Å². The SMILES string of the molecule is CCc1cc(-c2ccc(CC(CC)C(=O)O)cc2)ccc1S(=O)(=O)N(C)CC1CO1. The van der Waals surface area contributed by atoms with E-state index in [2.05, 4.69) is 0 Å². The lowest BCUT2D eigenvalue weighted by Gasteiger charge is -2.19. The summed E-state index contributed by atoms with van der Waals surface area (Å²) in [6.45, 7) is 4.80. The van der Waals surface area contributed by atoms with E-state index in [4.69, 9.17) is 4.74 Å². The van der Waals surface area contributed by atoms with E-state index in [1.807, 2.05) is 50.2 Å². The number of aryl methyl sites for hydroxylation is 1. The van der Waals surface area contributed by atoms with Gasteiger partial charge in [-0.25, -0.2) is 8.42 Å². The van der Waals surface area contributed by atoms with Crippen molar-refractivity contribution in [2.75, 3.05) is 20.2 Å². The van der Waals surface area contributed by atoms with Gasteiger partial charge in [0, 0.05) is 13.6 Å². The Morgan fingerprint density at radius 1 is 1.17 bits per heavy atom. The van der Waals surface area contributed by atoms with Crippen molar-refractivity contribution in [1.29, 1.82) is 0 Å². The molecule has 1 aliphatic heterocycles. The van der Waals surface area contributed by atoms with Gasteiger partial charge in [-0.05, 0) is 53.6 Å². The molecule has 2 atom stereocenters. The number of carbonyl (C=O) groups is 1. The first-order valence-corrected chi connectivity index (χ1v) is 11.7. The fourth-order valence-corrected chi connectivity index (χ4v) is 5.01. The number of hydrogen-bond donors (Lipinski definition) is 1. The Bertz CT molecular complexity index is 997. The third-order valence-electron chi connectivity index (χ3n) is 5.60. The van der Waals surface area contributed by atoms with Crippen molar-refractivity contribution < 1.29 is 23.1 Å². The zero-order chi connectivity index (χ0) is 21.9. The predicted molar refractivity (Wildman–Crippen MR) is 116 cm³/mol. The minimum Gasteiger partial charge on any atom is -0.481 e. The van der Waals surface area contributed by atoms with Crippen molar-refractivity contribution >= 4 is 16.0 Å². The van der Waals surface area contributed by atoms with Gasteiger partial charge in [0.05, 0.1) is 23.5 Å². The van der Waals surface area contributed by atoms with Crippen molar-refractivity contribution in [2.24, 2.45) is 5.92 Å². The molecule has 3 rings (SSSR count). The lowest BCUT2D eigenvalue weighted by Crippen LogP contribution is -2.31. The van der Waals surface area contributed by atoms with Crippen LogP contribution in [0.5, 0.6) is 0 Å². The molecule has 1 heterocycles. The molecule has 7 heteroatoms. The maximum absolute atomic E-state index is 13.0. The number of likely N-dealkylation sites (N-methyl/N-ethyl adjacent to an activating group) is 1. The molecule has 0 aliphatic carbocycles. The van der Waals surface area contributed by atoms with Crippen LogP contribution in [0.15, 0.2) is 47.4 Å². The third kappa shape index (κ3) is 5.09. The van der Waals surface area contributed by atoms with Crippen molar-refractivity contribution in [2.45, 2.75) is 44.1 Å². The molecule has 2 aromatic carbocycles. The summed E-state index contributed by atoms with van der Waals surface area (Å²) in [6.07, 6.45) is 1.70. The third-order valence-corrected chi connectivity index (χ3v) is 7.53. The normalized spacial score (nSPS) is 17.1. The van der Waals surface area contributed by atoms with Crippen LogP contribution >= 0.6 is 0 Å².